The number of hydrogen-bond donors (Lipinski definition) is 4. The van der Waals surface area contributed by atoms with Crippen molar-refractivity contribution in [2.24, 2.45) is 0 Å². The van der Waals surface area contributed by atoms with E-state index in [4.69, 9.17) is 13.9 Å². The smallest absolute Gasteiger partial charge is 0.407 e. The van der Waals surface area contributed by atoms with Crippen LogP contribution in [-0.2, 0) is 20.5 Å². The van der Waals surface area contributed by atoms with Crippen LogP contribution in [0.2, 0.25) is 18.1 Å². The van der Waals surface area contributed by atoms with Crippen LogP contribution in [-0.4, -0.2) is 67.0 Å². The Morgan fingerprint density at radius 1 is 1.17 bits per heavy atom. The molecule has 2 rings (SSSR count). The number of rotatable bonds is 6. The zero-order valence-electron chi connectivity index (χ0n) is 17.7. The summed E-state index contributed by atoms with van der Waals surface area (Å²) in [6, 6.07) is 8.13. The van der Waals surface area contributed by atoms with Gasteiger partial charge >= 0.3 is 6.09 Å². The number of amides is 1. The van der Waals surface area contributed by atoms with Gasteiger partial charge in [0.25, 0.3) is 0 Å². The van der Waals surface area contributed by atoms with E-state index in [9.17, 15) is 20.1 Å². The van der Waals surface area contributed by atoms with Gasteiger partial charge in [0.05, 0.1) is 6.61 Å². The van der Waals surface area contributed by atoms with Gasteiger partial charge < -0.3 is 34.5 Å². The van der Waals surface area contributed by atoms with Gasteiger partial charge in [-0.2, -0.15) is 0 Å². The van der Waals surface area contributed by atoms with Crippen LogP contribution in [0.3, 0.4) is 0 Å². The summed E-state index contributed by atoms with van der Waals surface area (Å²) in [4.78, 5) is 12.3. The maximum absolute atomic E-state index is 12.3. The van der Waals surface area contributed by atoms with Crippen LogP contribution in [0.5, 0.6) is 0 Å². The van der Waals surface area contributed by atoms with Gasteiger partial charge in [-0.25, -0.2) is 4.79 Å². The molecule has 0 radical (unpaired) electrons. The molecule has 9 heteroatoms. The molecule has 1 heterocycles. The molecule has 1 aliphatic heterocycles. The van der Waals surface area contributed by atoms with Gasteiger partial charge in [-0.3, -0.25) is 0 Å². The van der Waals surface area contributed by atoms with E-state index in [2.05, 4.69) is 5.32 Å². The van der Waals surface area contributed by atoms with Gasteiger partial charge in [0.15, 0.2) is 14.6 Å². The average Bonchev–Trinajstić information content (AvgIpc) is 2.65. The van der Waals surface area contributed by atoms with E-state index in [1.54, 1.807) is 0 Å². The fourth-order valence-corrected chi connectivity index (χ4v) is 3.84. The summed E-state index contributed by atoms with van der Waals surface area (Å²) in [6.45, 7) is 9.74. The molecule has 1 aromatic carbocycles. The summed E-state index contributed by atoms with van der Waals surface area (Å²) in [5.74, 6) is 0. The van der Waals surface area contributed by atoms with Crippen molar-refractivity contribution in [3.63, 3.8) is 0 Å². The minimum absolute atomic E-state index is 0.0614. The van der Waals surface area contributed by atoms with Crippen LogP contribution < -0.4 is 5.32 Å². The second-order valence-electron chi connectivity index (χ2n) is 8.82. The van der Waals surface area contributed by atoms with Crippen LogP contribution in [0.25, 0.3) is 0 Å². The summed E-state index contributed by atoms with van der Waals surface area (Å²) in [5.41, 5.74) is 0.817. The molecule has 1 aliphatic rings. The highest BCUT2D eigenvalue weighted by atomic mass is 28.4. The van der Waals surface area contributed by atoms with Crippen molar-refractivity contribution in [2.45, 2.75) is 76.2 Å². The number of carbonyl (C=O) groups excluding carboxylic acids is 1. The minimum atomic E-state index is -2.34. The molecule has 164 valence electrons. The molecule has 4 N–H and O–H groups in total. The fraction of sp³-hybridized carbons (Fsp3) is 0.650. The van der Waals surface area contributed by atoms with Crippen molar-refractivity contribution in [1.82, 2.24) is 5.32 Å². The van der Waals surface area contributed by atoms with E-state index in [0.717, 1.165) is 5.56 Å². The first kappa shape index (κ1) is 23.8. The monoisotopic (exact) mass is 427 g/mol. The standard InChI is InChI=1S/C20H33NO7Si/c1-20(2,3)29(4,5)28-18-15(17(24)16(23)14(11-22)27-18)21-19(25)26-12-13-9-7-6-8-10-13/h6-10,14-18,22-24H,11-12H2,1-5H3,(H,21,25)/t14-,15-,16-,17+,18+/m1/s1. The average molecular weight is 428 g/mol. The van der Waals surface area contributed by atoms with E-state index in [-0.39, 0.29) is 11.6 Å². The molecule has 8 nitrogen and oxygen atoms in total. The summed E-state index contributed by atoms with van der Waals surface area (Å²) >= 11 is 0. The van der Waals surface area contributed by atoms with Gasteiger partial charge in [-0.15, -0.1) is 0 Å². The lowest BCUT2D eigenvalue weighted by molar-refractivity contribution is -0.247. The zero-order chi connectivity index (χ0) is 21.8. The van der Waals surface area contributed by atoms with Crippen molar-refractivity contribution in [3.8, 4) is 0 Å². The van der Waals surface area contributed by atoms with E-state index >= 15 is 0 Å². The zero-order valence-corrected chi connectivity index (χ0v) is 18.7. The highest BCUT2D eigenvalue weighted by molar-refractivity contribution is 6.74. The molecule has 0 bridgehead atoms. The van der Waals surface area contributed by atoms with Crippen LogP contribution in [0.1, 0.15) is 26.3 Å². The Kier molecular flexibility index (Phi) is 7.83. The summed E-state index contributed by atoms with van der Waals surface area (Å²) in [6.07, 6.45) is -5.58. The van der Waals surface area contributed by atoms with Gasteiger partial charge in [-0.05, 0) is 23.7 Å². The van der Waals surface area contributed by atoms with E-state index in [0.29, 0.717) is 0 Å². The van der Waals surface area contributed by atoms with Crippen LogP contribution in [0.15, 0.2) is 30.3 Å². The Hall–Kier alpha value is -1.49. The lowest BCUT2D eigenvalue weighted by Crippen LogP contribution is -2.66. The number of carbonyl (C=O) groups is 1. The quantitative estimate of drug-likeness (QED) is 0.511. The lowest BCUT2D eigenvalue weighted by Gasteiger charge is -2.47. The highest BCUT2D eigenvalue weighted by Crippen LogP contribution is 2.39. The SMILES string of the molecule is CC(C)(C)[Si](C)(C)O[C@@H]1O[C@H](CO)[C@@H](O)[C@@H](O)[C@H]1NC(=O)OCc1ccccc1. The van der Waals surface area contributed by atoms with Crippen LogP contribution in [0, 0.1) is 0 Å². The highest BCUT2D eigenvalue weighted by Gasteiger charge is 2.49. The third kappa shape index (κ3) is 6.00. The molecule has 1 aromatic rings. The number of ether oxygens (including phenoxy) is 2. The van der Waals surface area contributed by atoms with Crippen molar-refractivity contribution in [2.75, 3.05) is 6.61 Å². The Balaban J connectivity index is 2.11. The summed E-state index contributed by atoms with van der Waals surface area (Å²) < 4.78 is 17.2. The number of benzene rings is 1. The Bertz CT molecular complexity index is 665. The molecule has 1 amide bonds. The van der Waals surface area contributed by atoms with Crippen molar-refractivity contribution < 1.29 is 34.0 Å². The van der Waals surface area contributed by atoms with Gasteiger partial charge in [0.2, 0.25) is 0 Å². The first-order chi connectivity index (χ1) is 13.5. The molecule has 1 saturated heterocycles. The summed E-state index contributed by atoms with van der Waals surface area (Å²) in [5, 5.41) is 32.7. The van der Waals surface area contributed by atoms with Crippen LogP contribution >= 0.6 is 0 Å². The van der Waals surface area contributed by atoms with Crippen molar-refractivity contribution in [3.05, 3.63) is 35.9 Å². The third-order valence-corrected chi connectivity index (χ3v) is 10.0. The second kappa shape index (κ2) is 9.54. The number of aliphatic hydroxyl groups excluding tert-OH is 3. The lowest BCUT2D eigenvalue weighted by atomic mass is 9.97. The van der Waals surface area contributed by atoms with Crippen molar-refractivity contribution in [1.29, 1.82) is 0 Å². The molecule has 5 atom stereocenters. The van der Waals surface area contributed by atoms with Crippen LogP contribution in [0.4, 0.5) is 4.79 Å². The second-order valence-corrected chi connectivity index (χ2v) is 13.6. The maximum Gasteiger partial charge on any atom is 0.407 e. The normalized spacial score (nSPS) is 28.1. The van der Waals surface area contributed by atoms with E-state index < -0.39 is 51.7 Å². The molecule has 0 saturated carbocycles. The molecule has 29 heavy (non-hydrogen) atoms. The Morgan fingerprint density at radius 2 is 1.79 bits per heavy atom. The maximum atomic E-state index is 12.3. The molecular formula is C20H33NO7Si. The van der Waals surface area contributed by atoms with Gasteiger partial charge in [0, 0.05) is 0 Å². The largest absolute Gasteiger partial charge is 0.445 e. The fourth-order valence-electron chi connectivity index (χ4n) is 2.70. The molecule has 0 spiro atoms. The predicted octanol–water partition coefficient (Wildman–Crippen LogP) is 1.74. The Morgan fingerprint density at radius 3 is 2.34 bits per heavy atom. The number of hydrogen-bond acceptors (Lipinski definition) is 7. The third-order valence-electron chi connectivity index (χ3n) is 5.60. The number of alkyl carbamates (subject to hydrolysis) is 1. The molecule has 0 unspecified atom stereocenters. The van der Waals surface area contributed by atoms with E-state index in [1.165, 1.54) is 0 Å². The molecule has 0 aromatic heterocycles. The van der Waals surface area contributed by atoms with Gasteiger partial charge in [-0.1, -0.05) is 51.1 Å². The minimum Gasteiger partial charge on any atom is -0.445 e. The number of nitrogens with one attached hydrogen (secondary N) is 1. The predicted molar refractivity (Wildman–Crippen MR) is 110 cm³/mol. The van der Waals surface area contributed by atoms with E-state index in [1.807, 2.05) is 64.2 Å². The summed E-state index contributed by atoms with van der Waals surface area (Å²) in [7, 11) is -2.34. The first-order valence-corrected chi connectivity index (χ1v) is 12.6. The number of aliphatic hydroxyl groups is 3. The Labute approximate surface area is 172 Å². The topological polar surface area (TPSA) is 117 Å². The molecule has 1 fully saturated rings. The van der Waals surface area contributed by atoms with Crippen molar-refractivity contribution >= 4 is 14.4 Å². The van der Waals surface area contributed by atoms with Gasteiger partial charge in [0.1, 0.15) is 31.0 Å². The first-order valence-electron chi connectivity index (χ1n) is 9.74. The molecule has 0 aliphatic carbocycles. The molecular weight excluding hydrogens is 394 g/mol.